The summed E-state index contributed by atoms with van der Waals surface area (Å²) >= 11 is 1.39. The van der Waals surface area contributed by atoms with Crippen LogP contribution in [0.25, 0.3) is 0 Å². The van der Waals surface area contributed by atoms with Crippen molar-refractivity contribution in [2.75, 3.05) is 28.0 Å². The van der Waals surface area contributed by atoms with Crippen molar-refractivity contribution >= 4 is 44.7 Å². The van der Waals surface area contributed by atoms with E-state index in [1.54, 1.807) is 30.5 Å². The lowest BCUT2D eigenvalue weighted by atomic mass is 10.0. The van der Waals surface area contributed by atoms with E-state index in [4.69, 9.17) is 0 Å². The molecule has 1 atom stereocenters. The maximum Gasteiger partial charge on any atom is 0.226 e. The Hall–Kier alpha value is -2.71. The first-order valence-corrected chi connectivity index (χ1v) is 11.5. The molecule has 1 unspecified atom stereocenters. The highest BCUT2D eigenvalue weighted by molar-refractivity contribution is 7.86. The normalized spacial score (nSPS) is 14.1. The summed E-state index contributed by atoms with van der Waals surface area (Å²) in [4.78, 5) is 19.4. The van der Waals surface area contributed by atoms with E-state index in [-0.39, 0.29) is 5.91 Å². The van der Waals surface area contributed by atoms with E-state index in [9.17, 15) is 9.00 Å². The highest BCUT2D eigenvalue weighted by Gasteiger charge is 2.17. The zero-order chi connectivity index (χ0) is 20.1. The van der Waals surface area contributed by atoms with E-state index in [0.29, 0.717) is 28.7 Å². The molecule has 1 aromatic heterocycles. The fourth-order valence-electron chi connectivity index (χ4n) is 3.38. The highest BCUT2D eigenvalue weighted by atomic mass is 32.2. The Bertz CT molecular complexity index is 990. The molecule has 0 fully saturated rings. The van der Waals surface area contributed by atoms with Crippen molar-refractivity contribution < 1.29 is 9.00 Å². The molecule has 0 spiro atoms. The van der Waals surface area contributed by atoms with Crippen LogP contribution in [-0.2, 0) is 22.2 Å². The minimum absolute atomic E-state index is 0.0252. The van der Waals surface area contributed by atoms with Gasteiger partial charge in [-0.05, 0) is 48.7 Å². The SMILES string of the molecule is O=C(CCN1CCCc2ccccc21)Nc1ccc(S(=O)Nc2nccs2)cc1. The molecule has 3 aromatic rings. The van der Waals surface area contributed by atoms with Crippen molar-refractivity contribution in [3.63, 3.8) is 0 Å². The zero-order valence-corrected chi connectivity index (χ0v) is 17.5. The van der Waals surface area contributed by atoms with E-state index >= 15 is 0 Å². The second-order valence-electron chi connectivity index (χ2n) is 6.75. The van der Waals surface area contributed by atoms with Crippen LogP contribution >= 0.6 is 11.3 Å². The monoisotopic (exact) mass is 426 g/mol. The number of thiazole rings is 1. The lowest BCUT2D eigenvalue weighted by Crippen LogP contribution is -2.32. The van der Waals surface area contributed by atoms with E-state index in [0.717, 1.165) is 19.4 Å². The second kappa shape index (κ2) is 9.19. The molecular weight excluding hydrogens is 404 g/mol. The molecule has 0 bridgehead atoms. The number of para-hydroxylation sites is 1. The van der Waals surface area contributed by atoms with Crippen molar-refractivity contribution in [2.24, 2.45) is 0 Å². The van der Waals surface area contributed by atoms with Crippen LogP contribution in [0.3, 0.4) is 0 Å². The highest BCUT2D eigenvalue weighted by Crippen LogP contribution is 2.26. The van der Waals surface area contributed by atoms with Gasteiger partial charge in [0.05, 0.1) is 4.90 Å². The Morgan fingerprint density at radius 1 is 1.17 bits per heavy atom. The van der Waals surface area contributed by atoms with Gasteiger partial charge in [-0.25, -0.2) is 9.19 Å². The number of hydrogen-bond donors (Lipinski definition) is 2. The molecule has 0 saturated heterocycles. The van der Waals surface area contributed by atoms with Crippen LogP contribution in [0.15, 0.2) is 65.0 Å². The van der Waals surface area contributed by atoms with Crippen LogP contribution in [0, 0.1) is 0 Å². The molecule has 1 aliphatic heterocycles. The molecule has 1 aliphatic rings. The first-order chi connectivity index (χ1) is 14.2. The average Bonchev–Trinajstić information content (AvgIpc) is 3.26. The molecule has 6 nitrogen and oxygen atoms in total. The van der Waals surface area contributed by atoms with Crippen molar-refractivity contribution in [1.29, 1.82) is 0 Å². The Kier molecular flexibility index (Phi) is 6.21. The van der Waals surface area contributed by atoms with Crippen LogP contribution in [0.4, 0.5) is 16.5 Å². The minimum Gasteiger partial charge on any atom is -0.371 e. The summed E-state index contributed by atoms with van der Waals surface area (Å²) in [5, 5.41) is 5.35. The zero-order valence-electron chi connectivity index (χ0n) is 15.8. The summed E-state index contributed by atoms with van der Waals surface area (Å²) in [5.41, 5.74) is 3.30. The average molecular weight is 427 g/mol. The molecule has 0 aliphatic carbocycles. The van der Waals surface area contributed by atoms with Crippen molar-refractivity contribution in [3.8, 4) is 0 Å². The summed E-state index contributed by atoms with van der Waals surface area (Å²) in [5.74, 6) is -0.0252. The fraction of sp³-hybridized carbons (Fsp3) is 0.238. The number of benzene rings is 2. The largest absolute Gasteiger partial charge is 0.371 e. The minimum atomic E-state index is -1.38. The number of aromatic nitrogens is 1. The second-order valence-corrected chi connectivity index (χ2v) is 8.86. The standard InChI is InChI=1S/C21H22N4O2S2/c26-20(11-14-25-13-3-5-16-4-1-2-6-19(16)25)23-17-7-9-18(10-8-17)29(27)24-21-22-12-15-28-21/h1-2,4,6-10,12,15H,3,5,11,13-14H2,(H,22,24)(H,23,26). The van der Waals surface area contributed by atoms with Crippen LogP contribution in [0.1, 0.15) is 18.4 Å². The number of rotatable bonds is 7. The van der Waals surface area contributed by atoms with Crippen molar-refractivity contribution in [2.45, 2.75) is 24.2 Å². The summed E-state index contributed by atoms with van der Waals surface area (Å²) in [6.07, 6.45) is 4.30. The van der Waals surface area contributed by atoms with E-state index in [1.165, 1.54) is 22.6 Å². The lowest BCUT2D eigenvalue weighted by molar-refractivity contribution is -0.116. The molecule has 150 valence electrons. The maximum atomic E-state index is 12.4. The van der Waals surface area contributed by atoms with Crippen LogP contribution in [-0.4, -0.2) is 28.2 Å². The van der Waals surface area contributed by atoms with Crippen molar-refractivity contribution in [1.82, 2.24) is 4.98 Å². The van der Waals surface area contributed by atoms with Gasteiger partial charge in [0.15, 0.2) is 16.1 Å². The molecule has 4 rings (SSSR count). The molecule has 29 heavy (non-hydrogen) atoms. The number of amides is 1. The van der Waals surface area contributed by atoms with E-state index < -0.39 is 11.0 Å². The number of nitrogens with zero attached hydrogens (tertiary/aromatic N) is 2. The predicted molar refractivity (Wildman–Crippen MR) is 119 cm³/mol. The fourth-order valence-corrected chi connectivity index (χ4v) is 4.88. The molecular formula is C21H22N4O2S2. The molecule has 2 aromatic carbocycles. The number of carbonyl (C=O) groups is 1. The van der Waals surface area contributed by atoms with Gasteiger partial charge in [-0.3, -0.25) is 9.52 Å². The number of nitrogens with one attached hydrogen (secondary N) is 2. The van der Waals surface area contributed by atoms with Gasteiger partial charge in [-0.1, -0.05) is 18.2 Å². The molecule has 8 heteroatoms. The van der Waals surface area contributed by atoms with Crippen LogP contribution in [0.5, 0.6) is 0 Å². The molecule has 0 saturated carbocycles. The number of carbonyl (C=O) groups excluding carboxylic acids is 1. The van der Waals surface area contributed by atoms with Crippen molar-refractivity contribution in [3.05, 3.63) is 65.7 Å². The van der Waals surface area contributed by atoms with Gasteiger partial charge in [0.2, 0.25) is 5.91 Å². The van der Waals surface area contributed by atoms with Gasteiger partial charge >= 0.3 is 0 Å². The third-order valence-electron chi connectivity index (χ3n) is 4.78. The van der Waals surface area contributed by atoms with Crippen LogP contribution < -0.4 is 14.9 Å². The predicted octanol–water partition coefficient (Wildman–Crippen LogP) is 4.06. The summed E-state index contributed by atoms with van der Waals surface area (Å²) in [7, 11) is -1.38. The quantitative estimate of drug-likeness (QED) is 0.598. The number of aryl methyl sites for hydroxylation is 1. The topological polar surface area (TPSA) is 74.3 Å². The Morgan fingerprint density at radius 3 is 2.79 bits per heavy atom. The molecule has 2 heterocycles. The van der Waals surface area contributed by atoms with Gasteiger partial charge < -0.3 is 10.2 Å². The summed E-state index contributed by atoms with van der Waals surface area (Å²) < 4.78 is 15.1. The Balaban J connectivity index is 1.29. The first-order valence-electron chi connectivity index (χ1n) is 9.50. The van der Waals surface area contributed by atoms with Crippen LogP contribution in [0.2, 0.25) is 0 Å². The van der Waals surface area contributed by atoms with Gasteiger partial charge in [0.25, 0.3) is 0 Å². The smallest absolute Gasteiger partial charge is 0.226 e. The number of fused-ring (bicyclic) bond motifs is 1. The molecule has 2 N–H and O–H groups in total. The molecule has 1 amide bonds. The third-order valence-corrected chi connectivity index (χ3v) is 6.68. The number of hydrogen-bond acceptors (Lipinski definition) is 5. The lowest BCUT2D eigenvalue weighted by Gasteiger charge is -2.31. The maximum absolute atomic E-state index is 12.4. The van der Waals surface area contributed by atoms with Gasteiger partial charge in [0.1, 0.15) is 0 Å². The van der Waals surface area contributed by atoms with Gasteiger partial charge in [-0.15, -0.1) is 11.3 Å². The van der Waals surface area contributed by atoms with Gasteiger partial charge in [0, 0.05) is 42.5 Å². The first kappa shape index (κ1) is 19.6. The number of anilines is 3. The molecule has 0 radical (unpaired) electrons. The van der Waals surface area contributed by atoms with Gasteiger partial charge in [-0.2, -0.15) is 0 Å². The van der Waals surface area contributed by atoms with E-state index in [1.807, 2.05) is 11.4 Å². The Morgan fingerprint density at radius 2 is 2.00 bits per heavy atom. The summed E-state index contributed by atoms with van der Waals surface area (Å²) in [6, 6.07) is 15.4. The summed E-state index contributed by atoms with van der Waals surface area (Å²) in [6.45, 7) is 1.68. The Labute approximate surface area is 176 Å². The van der Waals surface area contributed by atoms with E-state index in [2.05, 4.69) is 38.1 Å². The third kappa shape index (κ3) is 5.02.